The molecule has 0 spiro atoms. The van der Waals surface area contributed by atoms with Crippen molar-refractivity contribution in [1.82, 2.24) is 0 Å². The molecular weight excluding hydrogens is 60.9 g/mol. The Hall–Kier alpha value is 0.0249. The zero-order valence-electron chi connectivity index (χ0n) is 3.57. The van der Waals surface area contributed by atoms with E-state index in [0.717, 1.165) is 12.8 Å². The third kappa shape index (κ3) is 4.02. The monoisotopic (exact) mass is 70.1 g/mol. The zero-order chi connectivity index (χ0) is 4.12. The van der Waals surface area contributed by atoms with Gasteiger partial charge in [0.15, 0.2) is 0 Å². The van der Waals surface area contributed by atoms with Crippen LogP contribution in [0.25, 0.3) is 0 Å². The Morgan fingerprint density at radius 1 is 1.80 bits per heavy atom. The van der Waals surface area contributed by atoms with Crippen molar-refractivity contribution < 1.29 is 0 Å². The Kier molecular flexibility index (Phi) is 4.05. The van der Waals surface area contributed by atoms with Gasteiger partial charge >= 0.3 is 0 Å². The molecule has 1 nitrogen and oxygen atoms in total. The molecule has 0 aliphatic heterocycles. The van der Waals surface area contributed by atoms with E-state index in [1.54, 1.807) is 0 Å². The van der Waals surface area contributed by atoms with Crippen LogP contribution in [0.2, 0.25) is 6.32 Å². The molecule has 0 saturated heterocycles. The van der Waals surface area contributed by atoms with Crippen molar-refractivity contribution in [1.29, 1.82) is 0 Å². The number of hydrogen-bond donors (Lipinski definition) is 1. The van der Waals surface area contributed by atoms with E-state index < -0.39 is 0 Å². The normalized spacial score (nSPS) is 7.60. The van der Waals surface area contributed by atoms with Gasteiger partial charge in [-0.2, -0.15) is 0 Å². The second-order valence-electron chi connectivity index (χ2n) is 0.933. The molecule has 0 heterocycles. The van der Waals surface area contributed by atoms with Crippen molar-refractivity contribution in [3.05, 3.63) is 0 Å². The highest BCUT2D eigenvalue weighted by Crippen LogP contribution is 1.64. The van der Waals surface area contributed by atoms with Crippen molar-refractivity contribution in [3.63, 3.8) is 0 Å². The predicted octanol–water partition coefficient (Wildman–Crippen LogP) is 0.0450. The van der Waals surface area contributed by atoms with Crippen molar-refractivity contribution in [2.75, 3.05) is 6.44 Å². The summed E-state index contributed by atoms with van der Waals surface area (Å²) in [5, 5.41) is 0. The van der Waals surface area contributed by atoms with Crippen LogP contribution in [0.15, 0.2) is 0 Å². The highest BCUT2D eigenvalue weighted by Gasteiger charge is 1.72. The van der Waals surface area contributed by atoms with Crippen LogP contribution in [0, 0.1) is 0 Å². The standard InChI is InChI=1S/C3H9BN/c1-2-4-3-5/h2-3,5H2,1H3. The van der Waals surface area contributed by atoms with Crippen molar-refractivity contribution in [2.45, 2.75) is 13.2 Å². The van der Waals surface area contributed by atoms with Crippen LogP contribution in [0.5, 0.6) is 0 Å². The summed E-state index contributed by atoms with van der Waals surface area (Å²) in [6.45, 7) is 2.08. The summed E-state index contributed by atoms with van der Waals surface area (Å²) in [7, 11) is 2.03. The summed E-state index contributed by atoms with van der Waals surface area (Å²) in [5.74, 6) is 0. The molecule has 0 aliphatic carbocycles. The summed E-state index contributed by atoms with van der Waals surface area (Å²) in [5.41, 5.74) is 5.08. The van der Waals surface area contributed by atoms with Gasteiger partial charge in [0, 0.05) is 0 Å². The average molecular weight is 69.9 g/mol. The number of hydrogen-bond acceptors (Lipinski definition) is 1. The minimum atomic E-state index is 0.719. The van der Waals surface area contributed by atoms with Gasteiger partial charge in [-0.1, -0.05) is 13.2 Å². The molecule has 0 rings (SSSR count). The maximum Gasteiger partial charge on any atom is 0.127 e. The molecule has 2 N–H and O–H groups in total. The fourth-order valence-corrected chi connectivity index (χ4v) is 0.167. The highest BCUT2D eigenvalue weighted by atomic mass is 14.5. The molecular formula is C3H9BN. The minimum Gasteiger partial charge on any atom is -0.338 e. The van der Waals surface area contributed by atoms with Gasteiger partial charge in [0.1, 0.15) is 7.28 Å². The molecule has 0 aromatic heterocycles. The van der Waals surface area contributed by atoms with Crippen LogP contribution in [0.1, 0.15) is 6.92 Å². The summed E-state index contributed by atoms with van der Waals surface area (Å²) in [6.07, 6.45) is 1.81. The van der Waals surface area contributed by atoms with Gasteiger partial charge in [-0.3, -0.25) is 0 Å². The summed E-state index contributed by atoms with van der Waals surface area (Å²) >= 11 is 0. The Bertz CT molecular complexity index is 14.4. The topological polar surface area (TPSA) is 26.0 Å². The molecule has 1 radical (unpaired) electrons. The van der Waals surface area contributed by atoms with Gasteiger partial charge in [-0.05, 0) is 6.44 Å². The summed E-state index contributed by atoms with van der Waals surface area (Å²) in [6, 6.07) is 0. The second-order valence-corrected chi connectivity index (χ2v) is 0.933. The SMILES string of the molecule is CC[B]CN. The van der Waals surface area contributed by atoms with E-state index in [9.17, 15) is 0 Å². The smallest absolute Gasteiger partial charge is 0.127 e. The Balaban J connectivity index is 2.19. The maximum atomic E-state index is 5.08. The molecule has 2 heteroatoms. The molecule has 0 aromatic carbocycles. The van der Waals surface area contributed by atoms with Crippen LogP contribution in [0.3, 0.4) is 0 Å². The van der Waals surface area contributed by atoms with Crippen LogP contribution in [0.4, 0.5) is 0 Å². The van der Waals surface area contributed by atoms with Crippen LogP contribution < -0.4 is 5.73 Å². The molecule has 0 aliphatic rings. The maximum absolute atomic E-state index is 5.08. The lowest BCUT2D eigenvalue weighted by Crippen LogP contribution is -2.06. The van der Waals surface area contributed by atoms with Gasteiger partial charge < -0.3 is 5.73 Å². The van der Waals surface area contributed by atoms with E-state index in [-0.39, 0.29) is 0 Å². The van der Waals surface area contributed by atoms with Crippen molar-refractivity contribution in [3.8, 4) is 0 Å². The Labute approximate surface area is 33.8 Å². The molecule has 0 amide bonds. The van der Waals surface area contributed by atoms with Gasteiger partial charge in [0.05, 0.1) is 0 Å². The summed E-state index contributed by atoms with van der Waals surface area (Å²) < 4.78 is 0. The molecule has 0 bridgehead atoms. The fourth-order valence-electron chi connectivity index (χ4n) is 0.167. The largest absolute Gasteiger partial charge is 0.338 e. The average Bonchev–Trinajstić information content (AvgIpc) is 1.41. The van der Waals surface area contributed by atoms with Gasteiger partial charge in [0.2, 0.25) is 0 Å². The van der Waals surface area contributed by atoms with Crippen molar-refractivity contribution in [2.24, 2.45) is 5.73 Å². The van der Waals surface area contributed by atoms with Gasteiger partial charge in [0.25, 0.3) is 0 Å². The molecule has 0 saturated carbocycles. The first-order chi connectivity index (χ1) is 2.41. The van der Waals surface area contributed by atoms with Crippen LogP contribution >= 0.6 is 0 Å². The molecule has 29 valence electrons. The van der Waals surface area contributed by atoms with E-state index in [2.05, 4.69) is 6.92 Å². The quantitative estimate of drug-likeness (QED) is 0.456. The molecule has 0 fully saturated rings. The first kappa shape index (κ1) is 5.02. The third-order valence-corrected chi connectivity index (χ3v) is 0.455. The van der Waals surface area contributed by atoms with E-state index >= 15 is 0 Å². The van der Waals surface area contributed by atoms with Crippen LogP contribution in [-0.4, -0.2) is 13.7 Å². The highest BCUT2D eigenvalue weighted by molar-refractivity contribution is 6.35. The minimum absolute atomic E-state index is 0.719. The molecule has 0 unspecified atom stereocenters. The fraction of sp³-hybridized carbons (Fsp3) is 1.00. The summed E-state index contributed by atoms with van der Waals surface area (Å²) in [4.78, 5) is 0. The predicted molar refractivity (Wildman–Crippen MR) is 25.3 cm³/mol. The molecule has 0 atom stereocenters. The Morgan fingerprint density at radius 3 is 2.40 bits per heavy atom. The first-order valence-corrected chi connectivity index (χ1v) is 1.93. The van der Waals surface area contributed by atoms with Crippen LogP contribution in [-0.2, 0) is 0 Å². The van der Waals surface area contributed by atoms with E-state index in [4.69, 9.17) is 5.73 Å². The lowest BCUT2D eigenvalue weighted by atomic mass is 9.76. The Morgan fingerprint density at radius 2 is 2.40 bits per heavy atom. The lowest BCUT2D eigenvalue weighted by Gasteiger charge is -1.76. The second kappa shape index (κ2) is 4.02. The van der Waals surface area contributed by atoms with Gasteiger partial charge in [-0.15, -0.1) is 0 Å². The van der Waals surface area contributed by atoms with Crippen molar-refractivity contribution >= 4 is 7.28 Å². The third-order valence-electron chi connectivity index (χ3n) is 0.455. The van der Waals surface area contributed by atoms with E-state index in [1.807, 2.05) is 7.28 Å². The van der Waals surface area contributed by atoms with E-state index in [0.29, 0.717) is 0 Å². The van der Waals surface area contributed by atoms with E-state index in [1.165, 1.54) is 0 Å². The van der Waals surface area contributed by atoms with Gasteiger partial charge in [-0.25, -0.2) is 0 Å². The molecule has 0 aromatic rings. The number of nitrogens with two attached hydrogens (primary N) is 1. The lowest BCUT2D eigenvalue weighted by molar-refractivity contribution is 1.31. The number of rotatable bonds is 2. The molecule has 5 heavy (non-hydrogen) atoms. The first-order valence-electron chi connectivity index (χ1n) is 1.93. The zero-order valence-corrected chi connectivity index (χ0v) is 3.57.